The van der Waals surface area contributed by atoms with Crippen molar-refractivity contribution < 1.29 is 17.9 Å². The van der Waals surface area contributed by atoms with Crippen LogP contribution in [0.15, 0.2) is 88.9 Å². The highest BCUT2D eigenvalue weighted by Crippen LogP contribution is 2.34. The Morgan fingerprint density at radius 1 is 1.00 bits per heavy atom. The maximum Gasteiger partial charge on any atom is 0.276 e. The molecule has 34 heavy (non-hydrogen) atoms. The molecule has 0 amide bonds. The molecule has 1 N–H and O–H groups in total. The number of ether oxygens (including phenoxy) is 2. The molecule has 0 spiro atoms. The minimum atomic E-state index is -3.74. The van der Waals surface area contributed by atoms with Crippen molar-refractivity contribution in [2.45, 2.75) is 18.4 Å². The monoisotopic (exact) mass is 586 g/mol. The predicted octanol–water partition coefficient (Wildman–Crippen LogP) is 5.65. The summed E-state index contributed by atoms with van der Waals surface area (Å²) in [4.78, 5) is 2.40. The fraction of sp³-hybridized carbons (Fsp3) is 0.115. The van der Waals surface area contributed by atoms with E-state index >= 15 is 0 Å². The largest absolute Gasteiger partial charge is 0.493 e. The molecule has 6 nitrogen and oxygen atoms in total. The highest BCUT2D eigenvalue weighted by atomic mass is 127. The van der Waals surface area contributed by atoms with E-state index in [4.69, 9.17) is 9.47 Å². The summed E-state index contributed by atoms with van der Waals surface area (Å²) in [6.45, 7) is 2.28. The third-order valence-electron chi connectivity index (χ3n) is 5.22. The van der Waals surface area contributed by atoms with E-state index in [0.717, 1.165) is 25.5 Å². The number of sulfonamides is 1. The Morgan fingerprint density at radius 2 is 1.74 bits per heavy atom. The lowest BCUT2D eigenvalue weighted by molar-refractivity contribution is 0.283. The van der Waals surface area contributed by atoms with Gasteiger partial charge in [0.25, 0.3) is 10.0 Å². The Hall–Kier alpha value is -3.11. The SMILES string of the molecule is COc1cc(/C=N\NS(=O)(=O)c2ccc(C)cc2)cc(I)c1OCc1cccc2ccccc12. The van der Waals surface area contributed by atoms with Crippen molar-refractivity contribution in [1.82, 2.24) is 4.83 Å². The first-order valence-electron chi connectivity index (χ1n) is 10.5. The number of aryl methyl sites for hydroxylation is 1. The van der Waals surface area contributed by atoms with Gasteiger partial charge >= 0.3 is 0 Å². The Labute approximate surface area is 212 Å². The fourth-order valence-electron chi connectivity index (χ4n) is 3.46. The molecule has 0 bridgehead atoms. The van der Waals surface area contributed by atoms with Gasteiger partial charge in [-0.3, -0.25) is 0 Å². The smallest absolute Gasteiger partial charge is 0.276 e. The molecule has 0 aliphatic heterocycles. The fourth-order valence-corrected chi connectivity index (χ4v) is 5.04. The van der Waals surface area contributed by atoms with Gasteiger partial charge in [-0.25, -0.2) is 4.83 Å². The molecule has 0 unspecified atom stereocenters. The lowest BCUT2D eigenvalue weighted by Crippen LogP contribution is -2.18. The van der Waals surface area contributed by atoms with Crippen LogP contribution in [-0.4, -0.2) is 21.7 Å². The molecule has 0 saturated heterocycles. The topological polar surface area (TPSA) is 77.0 Å². The lowest BCUT2D eigenvalue weighted by Gasteiger charge is -2.14. The minimum Gasteiger partial charge on any atom is -0.493 e. The molecule has 0 aromatic heterocycles. The minimum absolute atomic E-state index is 0.152. The molecule has 174 valence electrons. The van der Waals surface area contributed by atoms with Crippen LogP contribution in [-0.2, 0) is 16.6 Å². The normalized spacial score (nSPS) is 11.6. The van der Waals surface area contributed by atoms with E-state index in [1.807, 2.05) is 37.3 Å². The molecular formula is C26H23IN2O4S. The first kappa shape index (κ1) is 24.0. The van der Waals surface area contributed by atoms with Gasteiger partial charge in [-0.05, 0) is 75.7 Å². The van der Waals surface area contributed by atoms with Crippen LogP contribution in [0.1, 0.15) is 16.7 Å². The van der Waals surface area contributed by atoms with Crippen molar-refractivity contribution in [2.75, 3.05) is 7.11 Å². The standard InChI is InChI=1S/C26H23IN2O4S/c1-18-10-12-22(13-11-18)34(30,31)29-28-16-19-14-24(27)26(25(15-19)32-2)33-17-21-8-5-7-20-6-3-4-9-23(20)21/h3-16,29H,17H2,1-2H3/b28-16-. The van der Waals surface area contributed by atoms with Crippen LogP contribution in [0.5, 0.6) is 11.5 Å². The van der Waals surface area contributed by atoms with Crippen LogP contribution in [0, 0.1) is 10.5 Å². The number of nitrogens with zero attached hydrogens (tertiary/aromatic N) is 1. The van der Waals surface area contributed by atoms with Crippen LogP contribution in [0.25, 0.3) is 10.8 Å². The molecule has 0 heterocycles. The summed E-state index contributed by atoms with van der Waals surface area (Å²) in [5.41, 5.74) is 2.73. The van der Waals surface area contributed by atoms with Gasteiger partial charge in [0, 0.05) is 0 Å². The number of hydrogen-bond donors (Lipinski definition) is 1. The summed E-state index contributed by atoms with van der Waals surface area (Å²) in [5, 5.41) is 6.22. The highest BCUT2D eigenvalue weighted by molar-refractivity contribution is 14.1. The van der Waals surface area contributed by atoms with Gasteiger partial charge in [0.2, 0.25) is 0 Å². The van der Waals surface area contributed by atoms with Crippen molar-refractivity contribution in [1.29, 1.82) is 0 Å². The van der Waals surface area contributed by atoms with Gasteiger partial charge in [0.1, 0.15) is 6.61 Å². The van der Waals surface area contributed by atoms with E-state index in [2.05, 4.69) is 50.7 Å². The maximum atomic E-state index is 12.4. The van der Waals surface area contributed by atoms with E-state index in [9.17, 15) is 8.42 Å². The number of fused-ring (bicyclic) bond motifs is 1. The molecule has 4 aromatic carbocycles. The van der Waals surface area contributed by atoms with Crippen molar-refractivity contribution in [2.24, 2.45) is 5.10 Å². The summed E-state index contributed by atoms with van der Waals surface area (Å²) < 4.78 is 37.3. The average molecular weight is 586 g/mol. The number of hydrogen-bond acceptors (Lipinski definition) is 5. The van der Waals surface area contributed by atoms with Gasteiger partial charge in [0.05, 0.1) is 21.8 Å². The summed E-state index contributed by atoms with van der Waals surface area (Å²) in [5.74, 6) is 1.16. The van der Waals surface area contributed by atoms with Gasteiger partial charge in [-0.1, -0.05) is 60.2 Å². The average Bonchev–Trinajstić information content (AvgIpc) is 2.83. The Balaban J connectivity index is 1.51. The van der Waals surface area contributed by atoms with Crippen LogP contribution >= 0.6 is 22.6 Å². The summed E-state index contributed by atoms with van der Waals surface area (Å²) >= 11 is 2.17. The zero-order valence-corrected chi connectivity index (χ0v) is 21.6. The van der Waals surface area contributed by atoms with Crippen LogP contribution < -0.4 is 14.3 Å². The zero-order valence-electron chi connectivity index (χ0n) is 18.7. The van der Waals surface area contributed by atoms with Crippen molar-refractivity contribution in [3.8, 4) is 11.5 Å². The van der Waals surface area contributed by atoms with E-state index in [-0.39, 0.29) is 4.90 Å². The molecule has 0 atom stereocenters. The van der Waals surface area contributed by atoms with Crippen molar-refractivity contribution >= 4 is 49.6 Å². The van der Waals surface area contributed by atoms with Crippen LogP contribution in [0.3, 0.4) is 0 Å². The lowest BCUT2D eigenvalue weighted by atomic mass is 10.1. The number of hydrazone groups is 1. The van der Waals surface area contributed by atoms with Gasteiger partial charge in [-0.2, -0.15) is 13.5 Å². The maximum absolute atomic E-state index is 12.4. The first-order valence-corrected chi connectivity index (χ1v) is 13.0. The van der Waals surface area contributed by atoms with E-state index in [1.165, 1.54) is 6.21 Å². The third kappa shape index (κ3) is 5.51. The van der Waals surface area contributed by atoms with Crippen LogP contribution in [0.4, 0.5) is 0 Å². The molecule has 0 aliphatic carbocycles. The second-order valence-electron chi connectivity index (χ2n) is 7.63. The van der Waals surface area contributed by atoms with E-state index in [1.54, 1.807) is 37.4 Å². The summed E-state index contributed by atoms with van der Waals surface area (Å²) in [6.07, 6.45) is 1.44. The van der Waals surface area contributed by atoms with E-state index < -0.39 is 10.0 Å². The molecule has 4 rings (SSSR count). The molecule has 0 saturated carbocycles. The van der Waals surface area contributed by atoms with Gasteiger partial charge in [-0.15, -0.1) is 0 Å². The van der Waals surface area contributed by atoms with Crippen molar-refractivity contribution in [3.63, 3.8) is 0 Å². The molecule has 0 fully saturated rings. The number of benzene rings is 4. The Bertz CT molecular complexity index is 1450. The Kier molecular flexibility index (Phi) is 7.38. The van der Waals surface area contributed by atoms with Crippen molar-refractivity contribution in [3.05, 3.63) is 99.1 Å². The Morgan fingerprint density at radius 3 is 2.50 bits per heavy atom. The third-order valence-corrected chi connectivity index (χ3v) is 7.26. The summed E-state index contributed by atoms with van der Waals surface area (Å²) in [7, 11) is -2.18. The summed E-state index contributed by atoms with van der Waals surface area (Å²) in [6, 6.07) is 24.5. The number of rotatable bonds is 8. The molecule has 4 aromatic rings. The second kappa shape index (κ2) is 10.4. The first-order chi connectivity index (χ1) is 16.4. The number of halogens is 1. The zero-order chi connectivity index (χ0) is 24.1. The van der Waals surface area contributed by atoms with Gasteiger partial charge < -0.3 is 9.47 Å². The van der Waals surface area contributed by atoms with Crippen LogP contribution in [0.2, 0.25) is 0 Å². The molecular weight excluding hydrogens is 563 g/mol. The number of methoxy groups -OCH3 is 1. The molecule has 0 aliphatic rings. The molecule has 8 heteroatoms. The quantitative estimate of drug-likeness (QED) is 0.165. The van der Waals surface area contributed by atoms with Gasteiger partial charge in [0.15, 0.2) is 11.5 Å². The predicted molar refractivity (Wildman–Crippen MR) is 143 cm³/mol. The highest BCUT2D eigenvalue weighted by Gasteiger charge is 2.14. The number of nitrogens with one attached hydrogen (secondary N) is 1. The molecule has 0 radical (unpaired) electrons. The second-order valence-corrected chi connectivity index (χ2v) is 10.5. The van der Waals surface area contributed by atoms with E-state index in [0.29, 0.717) is 23.7 Å².